The molecule has 1 nitrogen and oxygen atoms in total. The molecule has 0 N–H and O–H groups in total. The van der Waals surface area contributed by atoms with E-state index < -0.39 is 0 Å². The van der Waals surface area contributed by atoms with E-state index in [0.29, 0.717) is 0 Å². The summed E-state index contributed by atoms with van der Waals surface area (Å²) in [6.07, 6.45) is 11.3. The smallest absolute Gasteiger partial charge is 0.0708 e. The summed E-state index contributed by atoms with van der Waals surface area (Å²) >= 11 is 0. The second kappa shape index (κ2) is 9.61. The number of hydrogen-bond donors (Lipinski definition) is 0. The summed E-state index contributed by atoms with van der Waals surface area (Å²) in [6, 6.07) is 8.60. The fourth-order valence-corrected chi connectivity index (χ4v) is 3.41. The van der Waals surface area contributed by atoms with Gasteiger partial charge in [-0.3, -0.25) is 4.98 Å². The van der Waals surface area contributed by atoms with E-state index >= 15 is 0 Å². The Morgan fingerprint density at radius 2 is 1.71 bits per heavy atom. The quantitative estimate of drug-likeness (QED) is 0.340. The van der Waals surface area contributed by atoms with Crippen molar-refractivity contribution >= 4 is 10.9 Å². The Balaban J connectivity index is 2.14. The Kier molecular flexibility index (Phi) is 7.49. The molecule has 0 aliphatic carbocycles. The number of aryl methyl sites for hydroxylation is 2. The van der Waals surface area contributed by atoms with Crippen LogP contribution in [0.3, 0.4) is 0 Å². The third-order valence-corrected chi connectivity index (χ3v) is 4.94. The normalized spacial score (nSPS) is 11.1. The van der Waals surface area contributed by atoms with Crippen molar-refractivity contribution in [2.45, 2.75) is 78.6 Å². The minimum atomic E-state index is 1.06. The summed E-state index contributed by atoms with van der Waals surface area (Å²) in [5, 5.41) is 1.32. The summed E-state index contributed by atoms with van der Waals surface area (Å²) < 4.78 is 0. The molecule has 0 aliphatic rings. The second-order valence-electron chi connectivity index (χ2n) is 7.15. The molecule has 1 heterocycles. The number of hydrogen-bond acceptors (Lipinski definition) is 1. The average molecular weight is 324 g/mol. The molecular weight excluding hydrogens is 290 g/mol. The number of pyridine rings is 1. The molecule has 0 bridgehead atoms. The predicted molar refractivity (Wildman–Crippen MR) is 107 cm³/mol. The van der Waals surface area contributed by atoms with Gasteiger partial charge in [0.1, 0.15) is 0 Å². The largest absolute Gasteiger partial charge is 0.253 e. The molecule has 0 unspecified atom stereocenters. The van der Waals surface area contributed by atoms with E-state index in [1.54, 1.807) is 0 Å². The molecule has 130 valence electrons. The molecule has 0 radical (unpaired) electrons. The van der Waals surface area contributed by atoms with Crippen LogP contribution in [0.1, 0.15) is 75.6 Å². The highest BCUT2D eigenvalue weighted by Gasteiger charge is 2.11. The van der Waals surface area contributed by atoms with Crippen molar-refractivity contribution in [1.82, 2.24) is 4.98 Å². The van der Waals surface area contributed by atoms with E-state index in [1.165, 1.54) is 66.3 Å². The van der Waals surface area contributed by atoms with Gasteiger partial charge >= 0.3 is 0 Å². The molecule has 0 aliphatic heterocycles. The molecule has 0 fully saturated rings. The molecule has 0 atom stereocenters. The average Bonchev–Trinajstić information content (AvgIpc) is 2.57. The minimum Gasteiger partial charge on any atom is -0.253 e. The Morgan fingerprint density at radius 1 is 1.00 bits per heavy atom. The zero-order valence-electron chi connectivity index (χ0n) is 15.8. The van der Waals surface area contributed by atoms with E-state index in [-0.39, 0.29) is 0 Å². The molecule has 0 amide bonds. The van der Waals surface area contributed by atoms with Crippen LogP contribution in [0.4, 0.5) is 0 Å². The Bertz CT molecular complexity index is 669. The highest BCUT2D eigenvalue weighted by molar-refractivity contribution is 5.83. The molecule has 0 saturated carbocycles. The van der Waals surface area contributed by atoms with Crippen LogP contribution in [0.25, 0.3) is 10.9 Å². The zero-order valence-corrected chi connectivity index (χ0v) is 15.8. The Labute approximate surface area is 148 Å². The van der Waals surface area contributed by atoms with Gasteiger partial charge in [-0.15, -0.1) is 6.58 Å². The maximum absolute atomic E-state index is 4.97. The van der Waals surface area contributed by atoms with E-state index in [2.05, 4.69) is 51.6 Å². The van der Waals surface area contributed by atoms with E-state index in [1.807, 2.05) is 0 Å². The molecule has 1 aromatic heterocycles. The number of benzene rings is 1. The summed E-state index contributed by atoms with van der Waals surface area (Å²) in [7, 11) is 0. The lowest BCUT2D eigenvalue weighted by Gasteiger charge is -2.15. The SMILES string of the molecule is C=C(C)CCc1c(C)c(CCCCCCCC)nc2ccccc12. The first kappa shape index (κ1) is 18.7. The van der Waals surface area contributed by atoms with Gasteiger partial charge < -0.3 is 0 Å². The monoisotopic (exact) mass is 323 g/mol. The van der Waals surface area contributed by atoms with E-state index in [9.17, 15) is 0 Å². The number of unbranched alkanes of at least 4 members (excludes halogenated alkanes) is 5. The van der Waals surface area contributed by atoms with Gasteiger partial charge in [0.05, 0.1) is 5.52 Å². The van der Waals surface area contributed by atoms with Crippen LogP contribution in [0.15, 0.2) is 36.4 Å². The van der Waals surface area contributed by atoms with Crippen LogP contribution >= 0.6 is 0 Å². The van der Waals surface area contributed by atoms with Crippen molar-refractivity contribution in [3.8, 4) is 0 Å². The van der Waals surface area contributed by atoms with Crippen LogP contribution in [0.5, 0.6) is 0 Å². The number of rotatable bonds is 10. The third-order valence-electron chi connectivity index (χ3n) is 4.94. The first-order valence-corrected chi connectivity index (χ1v) is 9.65. The van der Waals surface area contributed by atoms with Gasteiger partial charge in [-0.2, -0.15) is 0 Å². The van der Waals surface area contributed by atoms with Crippen LogP contribution in [0.2, 0.25) is 0 Å². The van der Waals surface area contributed by atoms with Gasteiger partial charge in [0.15, 0.2) is 0 Å². The van der Waals surface area contributed by atoms with Crippen molar-refractivity contribution in [3.63, 3.8) is 0 Å². The maximum Gasteiger partial charge on any atom is 0.0708 e. The number of nitrogens with zero attached hydrogens (tertiary/aromatic N) is 1. The Hall–Kier alpha value is -1.63. The zero-order chi connectivity index (χ0) is 17.4. The standard InChI is InChI=1S/C23H33N/c1-5-6-7-8-9-10-14-22-19(4)20(17-16-18(2)3)21-13-11-12-15-23(21)24-22/h11-13,15H,2,5-10,14,16-17H2,1,3-4H3. The van der Waals surface area contributed by atoms with Crippen molar-refractivity contribution in [2.75, 3.05) is 0 Å². The fourth-order valence-electron chi connectivity index (χ4n) is 3.41. The number of allylic oxidation sites excluding steroid dienone is 1. The summed E-state index contributed by atoms with van der Waals surface area (Å²) in [6.45, 7) is 10.7. The van der Waals surface area contributed by atoms with Crippen molar-refractivity contribution in [3.05, 3.63) is 53.2 Å². The molecule has 1 heteroatoms. The molecule has 0 spiro atoms. The molecule has 0 saturated heterocycles. The highest BCUT2D eigenvalue weighted by Crippen LogP contribution is 2.26. The lowest BCUT2D eigenvalue weighted by Crippen LogP contribution is -2.02. The predicted octanol–water partition coefficient (Wildman–Crippen LogP) is 6.95. The first-order chi connectivity index (χ1) is 11.6. The molecule has 2 aromatic rings. The van der Waals surface area contributed by atoms with Gasteiger partial charge in [-0.05, 0) is 56.7 Å². The van der Waals surface area contributed by atoms with Gasteiger partial charge in [0, 0.05) is 11.1 Å². The van der Waals surface area contributed by atoms with Gasteiger partial charge in [-0.25, -0.2) is 0 Å². The maximum atomic E-state index is 4.97. The Morgan fingerprint density at radius 3 is 2.46 bits per heavy atom. The van der Waals surface area contributed by atoms with E-state index in [0.717, 1.165) is 24.8 Å². The van der Waals surface area contributed by atoms with Crippen molar-refractivity contribution in [1.29, 1.82) is 0 Å². The third kappa shape index (κ3) is 5.19. The van der Waals surface area contributed by atoms with Crippen molar-refractivity contribution < 1.29 is 0 Å². The van der Waals surface area contributed by atoms with Crippen LogP contribution in [0, 0.1) is 6.92 Å². The van der Waals surface area contributed by atoms with Crippen molar-refractivity contribution in [2.24, 2.45) is 0 Å². The lowest BCUT2D eigenvalue weighted by atomic mass is 9.94. The van der Waals surface area contributed by atoms with Crippen LogP contribution in [-0.4, -0.2) is 4.98 Å². The number of aromatic nitrogens is 1. The molecular formula is C23H33N. The van der Waals surface area contributed by atoms with Gasteiger partial charge in [-0.1, -0.05) is 62.8 Å². The molecule has 1 aromatic carbocycles. The van der Waals surface area contributed by atoms with E-state index in [4.69, 9.17) is 4.98 Å². The number of para-hydroxylation sites is 1. The summed E-state index contributed by atoms with van der Waals surface area (Å²) in [5.41, 5.74) is 6.60. The lowest BCUT2D eigenvalue weighted by molar-refractivity contribution is 0.604. The van der Waals surface area contributed by atoms with Gasteiger partial charge in [0.25, 0.3) is 0 Å². The number of fused-ring (bicyclic) bond motifs is 1. The van der Waals surface area contributed by atoms with Crippen LogP contribution < -0.4 is 0 Å². The summed E-state index contributed by atoms with van der Waals surface area (Å²) in [5.74, 6) is 0. The second-order valence-corrected chi connectivity index (χ2v) is 7.15. The van der Waals surface area contributed by atoms with Gasteiger partial charge in [0.2, 0.25) is 0 Å². The highest BCUT2D eigenvalue weighted by atomic mass is 14.7. The molecule has 2 rings (SSSR count). The molecule has 24 heavy (non-hydrogen) atoms. The first-order valence-electron chi connectivity index (χ1n) is 9.65. The fraction of sp³-hybridized carbons (Fsp3) is 0.522. The minimum absolute atomic E-state index is 1.06. The topological polar surface area (TPSA) is 12.9 Å². The van der Waals surface area contributed by atoms with Crippen LogP contribution in [-0.2, 0) is 12.8 Å². The summed E-state index contributed by atoms with van der Waals surface area (Å²) in [4.78, 5) is 4.97.